The van der Waals surface area contributed by atoms with E-state index in [0.29, 0.717) is 19.7 Å². The molecule has 1 amide bonds. The summed E-state index contributed by atoms with van der Waals surface area (Å²) in [6.45, 7) is 1.49. The molecule has 120 valence electrons. The van der Waals surface area contributed by atoms with E-state index in [0.717, 1.165) is 16.8 Å². The Labute approximate surface area is 133 Å². The van der Waals surface area contributed by atoms with Crippen LogP contribution in [0.15, 0.2) is 47.1 Å². The van der Waals surface area contributed by atoms with Crippen molar-refractivity contribution < 1.29 is 13.9 Å². The van der Waals surface area contributed by atoms with Crippen molar-refractivity contribution in [3.8, 4) is 0 Å². The van der Waals surface area contributed by atoms with E-state index in [1.165, 1.54) is 0 Å². The molecular formula is C16H18N4O3. The number of hydrogen-bond acceptors (Lipinski definition) is 5. The van der Waals surface area contributed by atoms with Gasteiger partial charge in [0.1, 0.15) is 17.8 Å². The number of hydrogen-bond donors (Lipinski definition) is 0. The van der Waals surface area contributed by atoms with Crippen LogP contribution in [-0.4, -0.2) is 46.1 Å². The minimum absolute atomic E-state index is 0.0610. The molecule has 0 N–H and O–H groups in total. The summed E-state index contributed by atoms with van der Waals surface area (Å²) in [6, 6.07) is 11.2. The number of fused-ring (bicyclic) bond motifs is 1. The van der Waals surface area contributed by atoms with Crippen molar-refractivity contribution in [3.63, 3.8) is 0 Å². The number of furan rings is 1. The predicted molar refractivity (Wildman–Crippen MR) is 83.5 cm³/mol. The molecule has 3 aromatic rings. The first-order valence-corrected chi connectivity index (χ1v) is 7.35. The van der Waals surface area contributed by atoms with Gasteiger partial charge in [0.25, 0.3) is 0 Å². The van der Waals surface area contributed by atoms with Gasteiger partial charge in [-0.25, -0.2) is 4.68 Å². The van der Waals surface area contributed by atoms with E-state index in [4.69, 9.17) is 9.15 Å². The van der Waals surface area contributed by atoms with Gasteiger partial charge < -0.3 is 14.1 Å². The highest BCUT2D eigenvalue weighted by molar-refractivity contribution is 5.79. The molecule has 0 saturated heterocycles. The van der Waals surface area contributed by atoms with Crippen LogP contribution < -0.4 is 0 Å². The number of ether oxygens (including phenoxy) is 1. The van der Waals surface area contributed by atoms with E-state index in [1.54, 1.807) is 29.0 Å². The Morgan fingerprint density at radius 1 is 1.30 bits per heavy atom. The Morgan fingerprint density at radius 2 is 2.17 bits per heavy atom. The summed E-state index contributed by atoms with van der Waals surface area (Å²) in [5.41, 5.74) is 1.61. The summed E-state index contributed by atoms with van der Waals surface area (Å²) in [7, 11) is 1.61. The third-order valence-corrected chi connectivity index (χ3v) is 3.55. The van der Waals surface area contributed by atoms with Crippen molar-refractivity contribution >= 4 is 16.9 Å². The van der Waals surface area contributed by atoms with Crippen molar-refractivity contribution in [3.05, 3.63) is 48.4 Å². The topological polar surface area (TPSA) is 73.4 Å². The lowest BCUT2D eigenvalue weighted by Crippen LogP contribution is -2.36. The Kier molecular flexibility index (Phi) is 4.68. The van der Waals surface area contributed by atoms with Gasteiger partial charge in [0, 0.05) is 13.7 Å². The predicted octanol–water partition coefficient (Wildman–Crippen LogP) is 1.70. The van der Waals surface area contributed by atoms with Crippen LogP contribution in [0.5, 0.6) is 0 Å². The number of benzene rings is 1. The summed E-state index contributed by atoms with van der Waals surface area (Å²) in [6.07, 6.45) is 1.60. The molecule has 2 aromatic heterocycles. The summed E-state index contributed by atoms with van der Waals surface area (Å²) >= 11 is 0. The second-order valence-electron chi connectivity index (χ2n) is 5.12. The molecule has 3 rings (SSSR count). The third kappa shape index (κ3) is 3.57. The lowest BCUT2D eigenvalue weighted by molar-refractivity contribution is -0.133. The quantitative estimate of drug-likeness (QED) is 0.663. The van der Waals surface area contributed by atoms with Crippen molar-refractivity contribution in [2.24, 2.45) is 0 Å². The molecule has 7 nitrogen and oxygen atoms in total. The largest absolute Gasteiger partial charge is 0.467 e. The van der Waals surface area contributed by atoms with E-state index in [2.05, 4.69) is 10.3 Å². The number of para-hydroxylation sites is 1. The molecule has 0 aliphatic heterocycles. The molecule has 0 spiro atoms. The average Bonchev–Trinajstić information content (AvgIpc) is 3.21. The van der Waals surface area contributed by atoms with E-state index < -0.39 is 0 Å². The number of nitrogens with zero attached hydrogens (tertiary/aromatic N) is 4. The Hall–Kier alpha value is -2.67. The highest BCUT2D eigenvalue weighted by atomic mass is 16.5. The fourth-order valence-corrected chi connectivity index (χ4v) is 2.35. The van der Waals surface area contributed by atoms with Gasteiger partial charge >= 0.3 is 0 Å². The SMILES string of the molecule is COCCN(Cc1ccco1)C(=O)Cn1nnc2ccccc21. The molecule has 0 aliphatic rings. The standard InChI is InChI=1S/C16H18N4O3/c1-22-10-8-19(11-13-5-4-9-23-13)16(21)12-20-15-7-3-2-6-14(15)17-18-20/h2-7,9H,8,10-12H2,1H3. The van der Waals surface area contributed by atoms with Crippen molar-refractivity contribution in [1.29, 1.82) is 0 Å². The maximum Gasteiger partial charge on any atom is 0.244 e. The van der Waals surface area contributed by atoms with Gasteiger partial charge in [0.15, 0.2) is 0 Å². The smallest absolute Gasteiger partial charge is 0.244 e. The molecule has 1 aromatic carbocycles. The zero-order chi connectivity index (χ0) is 16.1. The number of amides is 1. The van der Waals surface area contributed by atoms with Gasteiger partial charge in [-0.1, -0.05) is 17.3 Å². The lowest BCUT2D eigenvalue weighted by atomic mass is 10.3. The van der Waals surface area contributed by atoms with E-state index in [-0.39, 0.29) is 12.5 Å². The molecular weight excluding hydrogens is 296 g/mol. The number of carbonyl (C=O) groups is 1. The summed E-state index contributed by atoms with van der Waals surface area (Å²) in [5, 5.41) is 8.13. The number of aromatic nitrogens is 3. The van der Waals surface area contributed by atoms with Gasteiger partial charge in [-0.2, -0.15) is 0 Å². The summed E-state index contributed by atoms with van der Waals surface area (Å²) in [5.74, 6) is 0.673. The molecule has 7 heteroatoms. The molecule has 0 saturated carbocycles. The molecule has 0 fully saturated rings. The Morgan fingerprint density at radius 3 is 2.96 bits per heavy atom. The fraction of sp³-hybridized carbons (Fsp3) is 0.312. The van der Waals surface area contributed by atoms with Crippen LogP contribution in [0.2, 0.25) is 0 Å². The summed E-state index contributed by atoms with van der Waals surface area (Å²) in [4.78, 5) is 14.3. The van der Waals surface area contributed by atoms with Crippen molar-refractivity contribution in [1.82, 2.24) is 19.9 Å². The van der Waals surface area contributed by atoms with Crippen LogP contribution in [0.4, 0.5) is 0 Å². The monoisotopic (exact) mass is 314 g/mol. The molecule has 0 unspecified atom stereocenters. The van der Waals surface area contributed by atoms with Gasteiger partial charge in [-0.15, -0.1) is 5.10 Å². The van der Waals surface area contributed by atoms with Crippen LogP contribution in [0, 0.1) is 0 Å². The van der Waals surface area contributed by atoms with Crippen LogP contribution in [-0.2, 0) is 22.6 Å². The van der Waals surface area contributed by atoms with Gasteiger partial charge in [0.2, 0.25) is 5.91 Å². The van der Waals surface area contributed by atoms with Crippen LogP contribution in [0.3, 0.4) is 0 Å². The van der Waals surface area contributed by atoms with Gasteiger partial charge in [-0.3, -0.25) is 4.79 Å². The highest BCUT2D eigenvalue weighted by Crippen LogP contribution is 2.11. The second-order valence-corrected chi connectivity index (χ2v) is 5.12. The fourth-order valence-electron chi connectivity index (χ4n) is 2.35. The van der Waals surface area contributed by atoms with Gasteiger partial charge in [0.05, 0.1) is 24.9 Å². The third-order valence-electron chi connectivity index (χ3n) is 3.55. The maximum absolute atomic E-state index is 12.6. The first-order chi connectivity index (χ1) is 11.3. The number of carbonyl (C=O) groups excluding carboxylic acids is 1. The normalized spacial score (nSPS) is 11.0. The zero-order valence-electron chi connectivity index (χ0n) is 12.9. The van der Waals surface area contributed by atoms with E-state index in [1.807, 2.05) is 30.3 Å². The van der Waals surface area contributed by atoms with E-state index in [9.17, 15) is 4.79 Å². The minimum atomic E-state index is -0.0610. The number of rotatable bonds is 7. The molecule has 0 radical (unpaired) electrons. The van der Waals surface area contributed by atoms with E-state index >= 15 is 0 Å². The molecule has 0 bridgehead atoms. The van der Waals surface area contributed by atoms with Crippen LogP contribution in [0.25, 0.3) is 11.0 Å². The maximum atomic E-state index is 12.6. The Bertz CT molecular complexity index is 767. The zero-order valence-corrected chi connectivity index (χ0v) is 12.9. The van der Waals surface area contributed by atoms with Crippen molar-refractivity contribution in [2.75, 3.05) is 20.3 Å². The minimum Gasteiger partial charge on any atom is -0.467 e. The molecule has 0 atom stereocenters. The Balaban J connectivity index is 1.74. The first kappa shape index (κ1) is 15.2. The van der Waals surface area contributed by atoms with Crippen LogP contribution >= 0.6 is 0 Å². The molecule has 2 heterocycles. The highest BCUT2D eigenvalue weighted by Gasteiger charge is 2.17. The number of methoxy groups -OCH3 is 1. The first-order valence-electron chi connectivity index (χ1n) is 7.35. The lowest BCUT2D eigenvalue weighted by Gasteiger charge is -2.21. The van der Waals surface area contributed by atoms with Crippen LogP contribution in [0.1, 0.15) is 5.76 Å². The molecule has 23 heavy (non-hydrogen) atoms. The second kappa shape index (κ2) is 7.06. The van der Waals surface area contributed by atoms with Gasteiger partial charge in [-0.05, 0) is 24.3 Å². The average molecular weight is 314 g/mol. The summed E-state index contributed by atoms with van der Waals surface area (Å²) < 4.78 is 12.0. The molecule has 0 aliphatic carbocycles. The van der Waals surface area contributed by atoms with Crippen molar-refractivity contribution in [2.45, 2.75) is 13.1 Å².